The van der Waals surface area contributed by atoms with Gasteiger partial charge in [0.1, 0.15) is 0 Å². The van der Waals surface area contributed by atoms with E-state index in [9.17, 15) is 0 Å². The van der Waals surface area contributed by atoms with Crippen LogP contribution in [0.4, 0.5) is 0 Å². The second-order valence-corrected chi connectivity index (χ2v) is 6.31. The predicted molar refractivity (Wildman–Crippen MR) is 83.2 cm³/mol. The molecule has 1 fully saturated rings. The summed E-state index contributed by atoms with van der Waals surface area (Å²) in [6, 6.07) is 9.25. The first-order chi connectivity index (χ1) is 9.20. The Hall–Kier alpha value is -0.820. The van der Waals surface area contributed by atoms with Crippen LogP contribution in [0.15, 0.2) is 24.3 Å². The quantitative estimate of drug-likeness (QED) is 0.829. The Balaban J connectivity index is 1.87. The minimum Gasteiger partial charge on any atom is -0.327 e. The lowest BCUT2D eigenvalue weighted by atomic mass is 9.73. The molecule has 0 saturated heterocycles. The summed E-state index contributed by atoms with van der Waals surface area (Å²) in [5, 5.41) is 0. The van der Waals surface area contributed by atoms with Gasteiger partial charge in [0.15, 0.2) is 0 Å². The molecule has 19 heavy (non-hydrogen) atoms. The molecule has 1 aromatic carbocycles. The van der Waals surface area contributed by atoms with Gasteiger partial charge in [-0.2, -0.15) is 0 Å². The van der Waals surface area contributed by atoms with E-state index in [1.165, 1.54) is 43.2 Å². The van der Waals surface area contributed by atoms with Crippen LogP contribution in [0.25, 0.3) is 0 Å². The molecule has 0 bridgehead atoms. The van der Waals surface area contributed by atoms with Crippen LogP contribution >= 0.6 is 0 Å². The van der Waals surface area contributed by atoms with Gasteiger partial charge in [0.2, 0.25) is 0 Å². The van der Waals surface area contributed by atoms with Crippen molar-refractivity contribution >= 4 is 0 Å². The average Bonchev–Trinajstić information content (AvgIpc) is 2.45. The van der Waals surface area contributed by atoms with E-state index < -0.39 is 0 Å². The topological polar surface area (TPSA) is 26.0 Å². The first kappa shape index (κ1) is 14.6. The summed E-state index contributed by atoms with van der Waals surface area (Å²) in [4.78, 5) is 0. The van der Waals surface area contributed by atoms with Gasteiger partial charge < -0.3 is 5.73 Å². The highest BCUT2D eigenvalue weighted by Crippen LogP contribution is 2.34. The molecule has 3 atom stereocenters. The van der Waals surface area contributed by atoms with Gasteiger partial charge in [-0.3, -0.25) is 0 Å². The molecular formula is C18H29N. The van der Waals surface area contributed by atoms with Crippen LogP contribution < -0.4 is 5.73 Å². The van der Waals surface area contributed by atoms with Crippen LogP contribution in [0, 0.1) is 18.8 Å². The number of benzene rings is 1. The Labute approximate surface area is 118 Å². The molecule has 2 N–H and O–H groups in total. The Morgan fingerprint density at radius 3 is 2.79 bits per heavy atom. The minimum atomic E-state index is 0.394. The molecule has 0 radical (unpaired) electrons. The Bertz CT molecular complexity index is 385. The smallest absolute Gasteiger partial charge is 0.00729 e. The van der Waals surface area contributed by atoms with E-state index in [4.69, 9.17) is 5.73 Å². The van der Waals surface area contributed by atoms with Gasteiger partial charge >= 0.3 is 0 Å². The highest BCUT2D eigenvalue weighted by atomic mass is 14.7. The minimum absolute atomic E-state index is 0.394. The molecule has 1 heteroatoms. The second-order valence-electron chi connectivity index (χ2n) is 6.31. The van der Waals surface area contributed by atoms with Crippen LogP contribution in [0.1, 0.15) is 56.6 Å². The fraction of sp³-hybridized carbons (Fsp3) is 0.667. The summed E-state index contributed by atoms with van der Waals surface area (Å²) in [5.74, 6) is 1.64. The van der Waals surface area contributed by atoms with Gasteiger partial charge in [-0.25, -0.2) is 0 Å². The third-order valence-corrected chi connectivity index (χ3v) is 4.89. The molecule has 0 spiro atoms. The van der Waals surface area contributed by atoms with Crippen LogP contribution in [-0.2, 0) is 6.42 Å². The lowest BCUT2D eigenvalue weighted by molar-refractivity contribution is 0.190. The van der Waals surface area contributed by atoms with Crippen LogP contribution in [0.3, 0.4) is 0 Å². The molecule has 0 aromatic heterocycles. The average molecular weight is 259 g/mol. The Kier molecular flexibility index (Phi) is 5.45. The maximum atomic E-state index is 6.50. The maximum absolute atomic E-state index is 6.50. The summed E-state index contributed by atoms with van der Waals surface area (Å²) >= 11 is 0. The lowest BCUT2D eigenvalue weighted by Gasteiger charge is -2.35. The SMILES string of the molecule is CCC1CCCCC1C(N)CCc1cccc(C)c1. The van der Waals surface area contributed by atoms with Crippen LogP contribution in [0.5, 0.6) is 0 Å². The fourth-order valence-electron chi connectivity index (χ4n) is 3.72. The van der Waals surface area contributed by atoms with Crippen molar-refractivity contribution in [2.75, 3.05) is 0 Å². The van der Waals surface area contributed by atoms with Crippen molar-refractivity contribution in [3.8, 4) is 0 Å². The summed E-state index contributed by atoms with van der Waals surface area (Å²) < 4.78 is 0. The van der Waals surface area contributed by atoms with E-state index in [0.717, 1.165) is 24.7 Å². The molecule has 0 aliphatic heterocycles. The Morgan fingerprint density at radius 2 is 2.05 bits per heavy atom. The molecule has 0 amide bonds. The van der Waals surface area contributed by atoms with E-state index >= 15 is 0 Å². The molecule has 3 unspecified atom stereocenters. The van der Waals surface area contributed by atoms with Crippen molar-refractivity contribution in [2.24, 2.45) is 17.6 Å². The zero-order valence-corrected chi connectivity index (χ0v) is 12.6. The largest absolute Gasteiger partial charge is 0.327 e. The zero-order chi connectivity index (χ0) is 13.7. The molecule has 1 nitrogen and oxygen atoms in total. The lowest BCUT2D eigenvalue weighted by Crippen LogP contribution is -2.37. The van der Waals surface area contributed by atoms with Crippen molar-refractivity contribution < 1.29 is 0 Å². The third-order valence-electron chi connectivity index (χ3n) is 4.89. The highest BCUT2D eigenvalue weighted by Gasteiger charge is 2.28. The summed E-state index contributed by atoms with van der Waals surface area (Å²) in [7, 11) is 0. The van der Waals surface area contributed by atoms with Crippen molar-refractivity contribution in [1.82, 2.24) is 0 Å². The van der Waals surface area contributed by atoms with Gasteiger partial charge in [0.05, 0.1) is 0 Å². The van der Waals surface area contributed by atoms with Gasteiger partial charge in [-0.05, 0) is 43.6 Å². The van der Waals surface area contributed by atoms with E-state index in [2.05, 4.69) is 38.1 Å². The molecule has 0 heterocycles. The van der Waals surface area contributed by atoms with Crippen molar-refractivity contribution in [3.05, 3.63) is 35.4 Å². The molecule has 106 valence electrons. The molecule has 2 rings (SSSR count). The predicted octanol–water partition coefficient (Wildman–Crippen LogP) is 4.47. The number of hydrogen-bond acceptors (Lipinski definition) is 1. The van der Waals surface area contributed by atoms with Gasteiger partial charge in [0, 0.05) is 6.04 Å². The third kappa shape index (κ3) is 4.07. The fourth-order valence-corrected chi connectivity index (χ4v) is 3.72. The normalized spacial score (nSPS) is 25.2. The van der Waals surface area contributed by atoms with E-state index in [1.54, 1.807) is 0 Å². The molecule has 1 aliphatic carbocycles. The van der Waals surface area contributed by atoms with Crippen LogP contribution in [0.2, 0.25) is 0 Å². The van der Waals surface area contributed by atoms with Gasteiger partial charge in [0.25, 0.3) is 0 Å². The highest BCUT2D eigenvalue weighted by molar-refractivity contribution is 5.22. The van der Waals surface area contributed by atoms with Crippen LogP contribution in [-0.4, -0.2) is 6.04 Å². The van der Waals surface area contributed by atoms with Crippen molar-refractivity contribution in [3.63, 3.8) is 0 Å². The standard InChI is InChI=1S/C18H29N/c1-3-16-9-4-5-10-17(16)18(19)12-11-15-8-6-7-14(2)13-15/h6-8,13,16-18H,3-5,9-12,19H2,1-2H3. The zero-order valence-electron chi connectivity index (χ0n) is 12.6. The number of rotatable bonds is 5. The summed E-state index contributed by atoms with van der Waals surface area (Å²) in [6.45, 7) is 4.49. The molecule has 1 saturated carbocycles. The van der Waals surface area contributed by atoms with E-state index in [0.29, 0.717) is 6.04 Å². The summed E-state index contributed by atoms with van der Waals surface area (Å²) in [5.41, 5.74) is 9.30. The molecule has 1 aromatic rings. The Morgan fingerprint density at radius 1 is 1.26 bits per heavy atom. The van der Waals surface area contributed by atoms with Crippen molar-refractivity contribution in [2.45, 2.75) is 64.8 Å². The number of hydrogen-bond donors (Lipinski definition) is 1. The van der Waals surface area contributed by atoms with Gasteiger partial charge in [-0.15, -0.1) is 0 Å². The number of nitrogens with two attached hydrogens (primary N) is 1. The second kappa shape index (κ2) is 7.09. The molecule has 1 aliphatic rings. The molecular weight excluding hydrogens is 230 g/mol. The monoisotopic (exact) mass is 259 g/mol. The van der Waals surface area contributed by atoms with Crippen molar-refractivity contribution in [1.29, 1.82) is 0 Å². The first-order valence-electron chi connectivity index (χ1n) is 8.02. The van der Waals surface area contributed by atoms with Gasteiger partial charge in [-0.1, -0.05) is 62.4 Å². The van der Waals surface area contributed by atoms with E-state index in [-0.39, 0.29) is 0 Å². The van der Waals surface area contributed by atoms with E-state index in [1.807, 2.05) is 0 Å². The number of aryl methyl sites for hydroxylation is 2. The first-order valence-corrected chi connectivity index (χ1v) is 8.02. The maximum Gasteiger partial charge on any atom is 0.00729 e. The summed E-state index contributed by atoms with van der Waals surface area (Å²) in [6.07, 6.45) is 9.15.